The second-order valence-electron chi connectivity index (χ2n) is 4.64. The van der Waals surface area contributed by atoms with Crippen LogP contribution in [0.5, 0.6) is 0 Å². The Morgan fingerprint density at radius 3 is 3.05 bits per heavy atom. The van der Waals surface area contributed by atoms with E-state index < -0.39 is 0 Å². The highest BCUT2D eigenvalue weighted by Crippen LogP contribution is 2.30. The zero-order valence-electron chi connectivity index (χ0n) is 10.6. The van der Waals surface area contributed by atoms with Crippen LogP contribution < -0.4 is 5.73 Å². The molecular weight excluding hydrogens is 276 g/mol. The third kappa shape index (κ3) is 1.84. The van der Waals surface area contributed by atoms with E-state index in [9.17, 15) is 0 Å². The monoisotopic (exact) mass is 288 g/mol. The van der Waals surface area contributed by atoms with Gasteiger partial charge in [0.25, 0.3) is 0 Å². The molecule has 0 aromatic carbocycles. The van der Waals surface area contributed by atoms with E-state index in [4.69, 9.17) is 10.5 Å². The van der Waals surface area contributed by atoms with Crippen molar-refractivity contribution >= 4 is 22.0 Å². The maximum atomic E-state index is 5.65. The highest BCUT2D eigenvalue weighted by molar-refractivity contribution is 7.19. The fraction of sp³-hybridized carbons (Fsp3) is 0.333. The van der Waals surface area contributed by atoms with E-state index in [0.29, 0.717) is 5.69 Å². The van der Waals surface area contributed by atoms with Crippen molar-refractivity contribution in [2.24, 2.45) is 0 Å². The predicted molar refractivity (Wildman–Crippen MR) is 74.2 cm³/mol. The molecule has 8 heteroatoms. The highest BCUT2D eigenvalue weighted by Gasteiger charge is 2.25. The predicted octanol–water partition coefficient (Wildman–Crippen LogP) is 1.68. The van der Waals surface area contributed by atoms with E-state index in [0.717, 1.165) is 40.9 Å². The van der Waals surface area contributed by atoms with Crippen molar-refractivity contribution < 1.29 is 4.74 Å². The summed E-state index contributed by atoms with van der Waals surface area (Å²) in [5, 5.41) is 13.7. The lowest BCUT2D eigenvalue weighted by Crippen LogP contribution is -2.03. The standard InChI is InChI=1S/C12H12N6OS/c13-7-3-4-8(14-6-7)11-17-18-10(9-2-1-5-19-9)15-16-12(18)20-11/h3-4,6,9H,1-2,5,13H2. The molecule has 0 saturated carbocycles. The number of nitrogens with two attached hydrogens (primary N) is 1. The van der Waals surface area contributed by atoms with Gasteiger partial charge in [-0.2, -0.15) is 9.61 Å². The SMILES string of the molecule is Nc1ccc(-c2nn3c(C4CCCO4)nnc3s2)nc1. The van der Waals surface area contributed by atoms with Crippen molar-refractivity contribution in [3.05, 3.63) is 24.2 Å². The molecule has 7 nitrogen and oxygen atoms in total. The molecule has 0 aliphatic carbocycles. The molecule has 0 spiro atoms. The first-order valence-corrected chi connectivity index (χ1v) is 7.18. The zero-order chi connectivity index (χ0) is 13.5. The van der Waals surface area contributed by atoms with E-state index in [-0.39, 0.29) is 6.10 Å². The lowest BCUT2D eigenvalue weighted by molar-refractivity contribution is 0.103. The molecule has 1 atom stereocenters. The Morgan fingerprint density at radius 2 is 2.30 bits per heavy atom. The smallest absolute Gasteiger partial charge is 0.235 e. The van der Waals surface area contributed by atoms with Gasteiger partial charge < -0.3 is 10.5 Å². The van der Waals surface area contributed by atoms with Crippen LogP contribution >= 0.6 is 11.3 Å². The molecule has 2 N–H and O–H groups in total. The Morgan fingerprint density at radius 1 is 1.35 bits per heavy atom. The van der Waals surface area contributed by atoms with Gasteiger partial charge in [-0.3, -0.25) is 4.98 Å². The molecule has 3 aromatic rings. The molecule has 0 amide bonds. The maximum Gasteiger partial charge on any atom is 0.235 e. The molecule has 102 valence electrons. The number of pyridine rings is 1. The van der Waals surface area contributed by atoms with Gasteiger partial charge in [0.1, 0.15) is 11.8 Å². The van der Waals surface area contributed by atoms with Crippen LogP contribution in [0, 0.1) is 0 Å². The van der Waals surface area contributed by atoms with E-state index >= 15 is 0 Å². The van der Waals surface area contributed by atoms with Crippen LogP contribution in [0.25, 0.3) is 15.7 Å². The number of rotatable bonds is 2. The van der Waals surface area contributed by atoms with E-state index in [1.54, 1.807) is 10.7 Å². The molecule has 4 heterocycles. The van der Waals surface area contributed by atoms with Crippen molar-refractivity contribution in [3.8, 4) is 10.7 Å². The minimum absolute atomic E-state index is 0.000623. The summed E-state index contributed by atoms with van der Waals surface area (Å²) in [7, 11) is 0. The summed E-state index contributed by atoms with van der Waals surface area (Å²) in [6.07, 6.45) is 3.64. The first-order valence-electron chi connectivity index (χ1n) is 6.37. The lowest BCUT2D eigenvalue weighted by Gasteiger charge is -2.04. The van der Waals surface area contributed by atoms with Crippen LogP contribution in [0.1, 0.15) is 24.8 Å². The van der Waals surface area contributed by atoms with E-state index in [1.165, 1.54) is 11.3 Å². The topological polar surface area (TPSA) is 91.2 Å². The summed E-state index contributed by atoms with van der Waals surface area (Å²) in [5.41, 5.74) is 7.06. The number of ether oxygens (including phenoxy) is 1. The fourth-order valence-electron chi connectivity index (χ4n) is 2.25. The van der Waals surface area contributed by atoms with Gasteiger partial charge >= 0.3 is 0 Å². The van der Waals surface area contributed by atoms with Gasteiger partial charge in [-0.25, -0.2) is 0 Å². The van der Waals surface area contributed by atoms with Gasteiger partial charge in [0, 0.05) is 6.61 Å². The van der Waals surface area contributed by atoms with Crippen LogP contribution in [-0.4, -0.2) is 31.4 Å². The molecule has 0 radical (unpaired) electrons. The van der Waals surface area contributed by atoms with Gasteiger partial charge in [0.15, 0.2) is 10.8 Å². The summed E-state index contributed by atoms with van der Waals surface area (Å²) in [5.74, 6) is 0.774. The summed E-state index contributed by atoms with van der Waals surface area (Å²) >= 11 is 1.46. The van der Waals surface area contributed by atoms with Crippen molar-refractivity contribution in [2.45, 2.75) is 18.9 Å². The van der Waals surface area contributed by atoms with Crippen LogP contribution in [0.2, 0.25) is 0 Å². The molecular formula is C12H12N6OS. The average molecular weight is 288 g/mol. The van der Waals surface area contributed by atoms with Gasteiger partial charge in [-0.1, -0.05) is 11.3 Å². The van der Waals surface area contributed by atoms with Crippen molar-refractivity contribution in [3.63, 3.8) is 0 Å². The van der Waals surface area contributed by atoms with Gasteiger partial charge in [-0.05, 0) is 25.0 Å². The summed E-state index contributed by atoms with van der Waals surface area (Å²) in [6, 6.07) is 3.67. The quantitative estimate of drug-likeness (QED) is 0.771. The maximum absolute atomic E-state index is 5.65. The van der Waals surface area contributed by atoms with Gasteiger partial charge in [-0.15, -0.1) is 10.2 Å². The minimum atomic E-state index is -0.000623. The van der Waals surface area contributed by atoms with Gasteiger partial charge in [0.2, 0.25) is 4.96 Å². The number of anilines is 1. The number of nitrogen functional groups attached to an aromatic ring is 1. The Balaban J connectivity index is 1.77. The molecule has 1 aliphatic heterocycles. The Hall–Kier alpha value is -2.06. The average Bonchev–Trinajstić information content (AvgIpc) is 3.15. The lowest BCUT2D eigenvalue weighted by atomic mass is 10.2. The van der Waals surface area contributed by atoms with Crippen molar-refractivity contribution in [1.29, 1.82) is 0 Å². The number of aromatic nitrogens is 5. The Kier molecular flexibility index (Phi) is 2.64. The third-order valence-corrected chi connectivity index (χ3v) is 4.16. The molecule has 4 rings (SSSR count). The van der Waals surface area contributed by atoms with E-state index in [2.05, 4.69) is 20.3 Å². The van der Waals surface area contributed by atoms with Crippen molar-refractivity contribution in [2.75, 3.05) is 12.3 Å². The first kappa shape index (κ1) is 11.7. The number of hydrogen-bond acceptors (Lipinski definition) is 7. The number of hydrogen-bond donors (Lipinski definition) is 1. The minimum Gasteiger partial charge on any atom is -0.397 e. The molecule has 1 unspecified atom stereocenters. The molecule has 1 aliphatic rings. The van der Waals surface area contributed by atoms with Gasteiger partial charge in [0.05, 0.1) is 11.9 Å². The molecule has 1 saturated heterocycles. The number of nitrogens with zero attached hydrogens (tertiary/aromatic N) is 5. The van der Waals surface area contributed by atoms with Crippen LogP contribution in [0.4, 0.5) is 5.69 Å². The second-order valence-corrected chi connectivity index (χ2v) is 5.59. The summed E-state index contributed by atoms with van der Waals surface area (Å²) in [4.78, 5) is 5.03. The summed E-state index contributed by atoms with van der Waals surface area (Å²) in [6.45, 7) is 0.774. The largest absolute Gasteiger partial charge is 0.397 e. The zero-order valence-corrected chi connectivity index (χ0v) is 11.4. The summed E-state index contributed by atoms with van der Waals surface area (Å²) < 4.78 is 7.40. The molecule has 0 bridgehead atoms. The molecule has 3 aromatic heterocycles. The van der Waals surface area contributed by atoms with Crippen LogP contribution in [0.15, 0.2) is 18.3 Å². The number of fused-ring (bicyclic) bond motifs is 1. The van der Waals surface area contributed by atoms with Crippen LogP contribution in [0.3, 0.4) is 0 Å². The first-order chi connectivity index (χ1) is 9.81. The van der Waals surface area contributed by atoms with Crippen LogP contribution in [-0.2, 0) is 4.74 Å². The molecule has 1 fully saturated rings. The Bertz CT molecular complexity index is 743. The van der Waals surface area contributed by atoms with Crippen molar-refractivity contribution in [1.82, 2.24) is 24.8 Å². The Labute approximate surface area is 118 Å². The normalized spacial score (nSPS) is 18.9. The highest BCUT2D eigenvalue weighted by atomic mass is 32.1. The third-order valence-electron chi connectivity index (χ3n) is 3.24. The fourth-order valence-corrected chi connectivity index (χ4v) is 3.07. The molecule has 20 heavy (non-hydrogen) atoms. The second kappa shape index (κ2) is 4.50. The van der Waals surface area contributed by atoms with E-state index in [1.807, 2.05) is 12.1 Å².